The van der Waals surface area contributed by atoms with Crippen LogP contribution in [0.2, 0.25) is 0 Å². The van der Waals surface area contributed by atoms with Gasteiger partial charge in [-0.25, -0.2) is 9.37 Å². The van der Waals surface area contributed by atoms with E-state index >= 15 is 0 Å². The third-order valence-electron chi connectivity index (χ3n) is 7.58. The summed E-state index contributed by atoms with van der Waals surface area (Å²) in [5.74, 6) is 0.969. The van der Waals surface area contributed by atoms with Crippen molar-refractivity contribution in [2.24, 2.45) is 0 Å². The molecule has 0 saturated carbocycles. The molecular formula is C28H32FN7O. The molecule has 0 radical (unpaired) electrons. The molecule has 2 fully saturated rings. The van der Waals surface area contributed by atoms with E-state index in [-0.39, 0.29) is 23.8 Å². The van der Waals surface area contributed by atoms with Crippen LogP contribution >= 0.6 is 0 Å². The number of carbonyl (C=O) groups is 1. The highest BCUT2D eigenvalue weighted by molar-refractivity contribution is 5.93. The summed E-state index contributed by atoms with van der Waals surface area (Å²) in [6, 6.07) is 12.7. The molecule has 9 heteroatoms. The van der Waals surface area contributed by atoms with Gasteiger partial charge in [-0.15, -0.1) is 0 Å². The lowest BCUT2D eigenvalue weighted by Crippen LogP contribution is -2.50. The summed E-state index contributed by atoms with van der Waals surface area (Å²) in [6.07, 6.45) is 3.56. The van der Waals surface area contributed by atoms with Gasteiger partial charge in [-0.05, 0) is 75.0 Å². The Kier molecular flexibility index (Phi) is 6.94. The predicted octanol–water partition coefficient (Wildman–Crippen LogP) is 3.90. The maximum Gasteiger partial charge on any atom is 0.239 e. The first-order chi connectivity index (χ1) is 17.9. The number of halogens is 1. The average Bonchev–Trinajstić information content (AvgIpc) is 3.46. The largest absolute Gasteiger partial charge is 0.341 e. The molecule has 3 heterocycles. The Morgan fingerprint density at radius 1 is 1.14 bits per heavy atom. The van der Waals surface area contributed by atoms with Crippen LogP contribution in [0, 0.1) is 24.1 Å². The first-order valence-electron chi connectivity index (χ1n) is 12.8. The number of hydrogen-bond donors (Lipinski definition) is 1. The maximum atomic E-state index is 14.9. The summed E-state index contributed by atoms with van der Waals surface area (Å²) < 4.78 is 14.9. The standard InChI is InChI=1S/C28H32FN7O/c1-18-6-9-25(22(29)15-18)35(3)26-21-8-7-19(17-30)16-24(21)32-28(33-26)36-13-10-20(11-14-36)34(2)27(37)23-5-4-12-31-23/h6-9,15-16,20,23,31H,4-5,10-14H2,1-3H3. The molecule has 37 heavy (non-hydrogen) atoms. The Balaban J connectivity index is 1.43. The molecule has 1 unspecified atom stereocenters. The van der Waals surface area contributed by atoms with Crippen molar-refractivity contribution in [2.75, 3.05) is 43.5 Å². The van der Waals surface area contributed by atoms with Crippen molar-refractivity contribution in [3.63, 3.8) is 0 Å². The fourth-order valence-electron chi connectivity index (χ4n) is 5.34. The van der Waals surface area contributed by atoms with Gasteiger partial charge in [0.1, 0.15) is 11.6 Å². The fourth-order valence-corrected chi connectivity index (χ4v) is 5.34. The summed E-state index contributed by atoms with van der Waals surface area (Å²) in [5.41, 5.74) is 2.41. The molecule has 0 aliphatic carbocycles. The number of rotatable bonds is 5. The maximum absolute atomic E-state index is 14.9. The minimum absolute atomic E-state index is 0.0681. The number of aromatic nitrogens is 2. The molecule has 1 amide bonds. The van der Waals surface area contributed by atoms with E-state index < -0.39 is 0 Å². The summed E-state index contributed by atoms with van der Waals surface area (Å²) in [7, 11) is 3.70. The Hall–Kier alpha value is -3.77. The van der Waals surface area contributed by atoms with Crippen LogP contribution in [0.5, 0.6) is 0 Å². The number of benzene rings is 2. The number of nitriles is 1. The van der Waals surface area contributed by atoms with E-state index in [1.807, 2.05) is 31.0 Å². The van der Waals surface area contributed by atoms with E-state index in [0.29, 0.717) is 41.6 Å². The third kappa shape index (κ3) is 4.94. The second kappa shape index (κ2) is 10.3. The third-order valence-corrected chi connectivity index (χ3v) is 7.58. The van der Waals surface area contributed by atoms with Crippen molar-refractivity contribution in [3.05, 3.63) is 53.3 Å². The smallest absolute Gasteiger partial charge is 0.239 e. The van der Waals surface area contributed by atoms with Crippen LogP contribution in [0.15, 0.2) is 36.4 Å². The topological polar surface area (TPSA) is 88.4 Å². The molecule has 192 valence electrons. The fraction of sp³-hybridized carbons (Fsp3) is 0.429. The van der Waals surface area contributed by atoms with Crippen LogP contribution in [0.3, 0.4) is 0 Å². The minimum atomic E-state index is -0.324. The van der Waals surface area contributed by atoms with Gasteiger partial charge in [-0.1, -0.05) is 6.07 Å². The molecule has 2 aliphatic heterocycles. The quantitative estimate of drug-likeness (QED) is 0.567. The lowest BCUT2D eigenvalue weighted by molar-refractivity contribution is -0.134. The number of amides is 1. The monoisotopic (exact) mass is 501 g/mol. The molecule has 2 aliphatic rings. The number of carbonyl (C=O) groups excluding carboxylic acids is 1. The predicted molar refractivity (Wildman–Crippen MR) is 142 cm³/mol. The van der Waals surface area contributed by atoms with Crippen molar-refractivity contribution >= 4 is 34.3 Å². The number of nitrogens with one attached hydrogen (secondary N) is 1. The Bertz CT molecular complexity index is 1360. The number of anilines is 3. The highest BCUT2D eigenvalue weighted by atomic mass is 19.1. The Morgan fingerprint density at radius 2 is 1.92 bits per heavy atom. The number of fused-ring (bicyclic) bond motifs is 1. The van der Waals surface area contributed by atoms with E-state index in [2.05, 4.69) is 16.3 Å². The molecule has 1 aromatic heterocycles. The van der Waals surface area contributed by atoms with Gasteiger partial charge in [0, 0.05) is 38.6 Å². The first-order valence-corrected chi connectivity index (χ1v) is 12.8. The molecule has 3 aromatic rings. The summed E-state index contributed by atoms with van der Waals surface area (Å²) in [6.45, 7) is 4.16. The van der Waals surface area contributed by atoms with E-state index in [4.69, 9.17) is 9.97 Å². The van der Waals surface area contributed by atoms with Crippen LogP contribution in [-0.2, 0) is 4.79 Å². The first kappa shape index (κ1) is 24.9. The average molecular weight is 502 g/mol. The Morgan fingerprint density at radius 3 is 2.59 bits per heavy atom. The molecule has 1 atom stereocenters. The summed E-state index contributed by atoms with van der Waals surface area (Å²) >= 11 is 0. The van der Waals surface area contributed by atoms with E-state index in [1.165, 1.54) is 6.07 Å². The lowest BCUT2D eigenvalue weighted by atomic mass is 10.0. The number of hydrogen-bond acceptors (Lipinski definition) is 7. The number of likely N-dealkylation sites (N-methyl/N-ethyl adjacent to an activating group) is 1. The Labute approximate surface area is 216 Å². The molecular weight excluding hydrogens is 469 g/mol. The van der Waals surface area contributed by atoms with E-state index in [9.17, 15) is 14.4 Å². The molecule has 0 spiro atoms. The molecule has 8 nitrogen and oxygen atoms in total. The van der Waals surface area contributed by atoms with Crippen LogP contribution in [0.25, 0.3) is 10.9 Å². The summed E-state index contributed by atoms with van der Waals surface area (Å²) in [4.78, 5) is 28.3. The van der Waals surface area contributed by atoms with Gasteiger partial charge in [0.2, 0.25) is 11.9 Å². The lowest BCUT2D eigenvalue weighted by Gasteiger charge is -2.38. The van der Waals surface area contributed by atoms with Gasteiger partial charge in [0.25, 0.3) is 0 Å². The normalized spacial score (nSPS) is 18.1. The number of nitrogens with zero attached hydrogens (tertiary/aromatic N) is 6. The summed E-state index contributed by atoms with van der Waals surface area (Å²) in [5, 5.41) is 13.5. The van der Waals surface area contributed by atoms with Crippen molar-refractivity contribution in [1.29, 1.82) is 5.26 Å². The van der Waals surface area contributed by atoms with E-state index in [0.717, 1.165) is 43.2 Å². The molecule has 0 bridgehead atoms. The van der Waals surface area contributed by atoms with Crippen LogP contribution in [0.4, 0.5) is 21.8 Å². The van der Waals surface area contributed by atoms with Crippen LogP contribution in [-0.4, -0.2) is 66.6 Å². The van der Waals surface area contributed by atoms with Crippen LogP contribution in [0.1, 0.15) is 36.8 Å². The zero-order valence-electron chi connectivity index (χ0n) is 21.5. The molecule has 5 rings (SSSR count). The van der Waals surface area contributed by atoms with Gasteiger partial charge in [-0.3, -0.25) is 4.79 Å². The SMILES string of the molecule is Cc1ccc(N(C)c2nc(N3CCC(N(C)C(=O)C4CCCN4)CC3)nc3cc(C#N)ccc23)c(F)c1. The van der Waals surface area contributed by atoms with E-state index in [1.54, 1.807) is 30.1 Å². The van der Waals surface area contributed by atoms with Crippen molar-refractivity contribution in [2.45, 2.75) is 44.7 Å². The zero-order valence-corrected chi connectivity index (χ0v) is 21.5. The van der Waals surface area contributed by atoms with Crippen molar-refractivity contribution < 1.29 is 9.18 Å². The highest BCUT2D eigenvalue weighted by Crippen LogP contribution is 2.33. The second-order valence-electron chi connectivity index (χ2n) is 10.0. The van der Waals surface area contributed by atoms with Gasteiger partial charge in [0.15, 0.2) is 0 Å². The second-order valence-corrected chi connectivity index (χ2v) is 10.0. The zero-order chi connectivity index (χ0) is 26.1. The van der Waals surface area contributed by atoms with Crippen molar-refractivity contribution in [1.82, 2.24) is 20.2 Å². The highest BCUT2D eigenvalue weighted by Gasteiger charge is 2.32. The number of aryl methyl sites for hydroxylation is 1. The van der Waals surface area contributed by atoms with Gasteiger partial charge in [0.05, 0.1) is 28.9 Å². The van der Waals surface area contributed by atoms with Gasteiger partial charge < -0.3 is 20.0 Å². The van der Waals surface area contributed by atoms with Crippen LogP contribution < -0.4 is 15.1 Å². The van der Waals surface area contributed by atoms with Crippen molar-refractivity contribution in [3.8, 4) is 6.07 Å². The molecule has 2 saturated heterocycles. The minimum Gasteiger partial charge on any atom is -0.341 e. The molecule has 1 N–H and O–H groups in total. The number of piperidine rings is 1. The van der Waals surface area contributed by atoms with Gasteiger partial charge >= 0.3 is 0 Å². The molecule has 2 aromatic carbocycles. The van der Waals surface area contributed by atoms with Gasteiger partial charge in [-0.2, -0.15) is 10.2 Å².